The van der Waals surface area contributed by atoms with Gasteiger partial charge in [-0.2, -0.15) is 5.10 Å². The summed E-state index contributed by atoms with van der Waals surface area (Å²) in [6.07, 6.45) is 2.07. The molecule has 0 aliphatic carbocycles. The van der Waals surface area contributed by atoms with Crippen LogP contribution in [0.4, 0.5) is 0 Å². The van der Waals surface area contributed by atoms with E-state index in [1.165, 1.54) is 5.01 Å². The number of para-hydroxylation sites is 1. The molecule has 2 amide bonds. The lowest BCUT2D eigenvalue weighted by molar-refractivity contribution is -0.138. The molecule has 4 heterocycles. The molecule has 33 heavy (non-hydrogen) atoms. The lowest BCUT2D eigenvalue weighted by Crippen LogP contribution is -2.46. The number of likely N-dealkylation sites (N-methyl/N-ethyl adjacent to an activating group) is 1. The molecule has 172 valence electrons. The molecule has 9 heteroatoms. The monoisotopic (exact) mass is 450 g/mol. The van der Waals surface area contributed by atoms with E-state index in [0.717, 1.165) is 11.0 Å². The molecule has 3 aromatic rings. The standard InChI is InChI=1S/C24H26N4O5/c1-26(15-23(29)27-8-11-31-12-9-27)16-24(30)28-19(21-7-4-10-32-21)14-18(25-28)22-13-17-5-2-3-6-20(17)33-22/h2-7,10,13,19H,8-9,11-12,14-16H2,1H3/t19-/m1/s1. The summed E-state index contributed by atoms with van der Waals surface area (Å²) in [4.78, 5) is 29.2. The van der Waals surface area contributed by atoms with Gasteiger partial charge < -0.3 is 18.5 Å². The minimum absolute atomic E-state index is 0.0101. The van der Waals surface area contributed by atoms with Crippen LogP contribution in [-0.2, 0) is 14.3 Å². The van der Waals surface area contributed by atoms with E-state index in [4.69, 9.17) is 13.6 Å². The number of amides is 2. The van der Waals surface area contributed by atoms with E-state index < -0.39 is 0 Å². The summed E-state index contributed by atoms with van der Waals surface area (Å²) in [7, 11) is 1.76. The van der Waals surface area contributed by atoms with Crippen molar-refractivity contribution in [3.05, 3.63) is 60.2 Å². The molecule has 0 spiro atoms. The van der Waals surface area contributed by atoms with E-state index in [9.17, 15) is 9.59 Å². The molecule has 2 aliphatic rings. The Morgan fingerprint density at radius 1 is 1.09 bits per heavy atom. The number of carbonyl (C=O) groups excluding carboxylic acids is 2. The van der Waals surface area contributed by atoms with Crippen LogP contribution in [0.1, 0.15) is 24.0 Å². The number of furan rings is 2. The Balaban J connectivity index is 1.32. The Morgan fingerprint density at radius 3 is 2.64 bits per heavy atom. The van der Waals surface area contributed by atoms with Crippen molar-refractivity contribution in [2.75, 3.05) is 46.4 Å². The first kappa shape index (κ1) is 21.4. The number of morpholine rings is 1. The van der Waals surface area contributed by atoms with Crippen molar-refractivity contribution < 1.29 is 23.2 Å². The van der Waals surface area contributed by atoms with E-state index in [0.29, 0.717) is 50.0 Å². The molecule has 1 aromatic carbocycles. The molecule has 0 saturated carbocycles. The maximum atomic E-state index is 13.2. The van der Waals surface area contributed by atoms with Crippen LogP contribution in [-0.4, -0.2) is 78.8 Å². The van der Waals surface area contributed by atoms with Crippen molar-refractivity contribution >= 4 is 28.5 Å². The molecular formula is C24H26N4O5. The van der Waals surface area contributed by atoms with Crippen LogP contribution in [0.2, 0.25) is 0 Å². The van der Waals surface area contributed by atoms with Crippen LogP contribution in [0, 0.1) is 0 Å². The molecule has 0 unspecified atom stereocenters. The second kappa shape index (κ2) is 9.21. The molecule has 0 N–H and O–H groups in total. The average molecular weight is 450 g/mol. The summed E-state index contributed by atoms with van der Waals surface area (Å²) < 4.78 is 16.9. The molecule has 2 aromatic heterocycles. The first-order chi connectivity index (χ1) is 16.1. The zero-order valence-corrected chi connectivity index (χ0v) is 18.5. The molecule has 2 aliphatic heterocycles. The maximum Gasteiger partial charge on any atom is 0.257 e. The van der Waals surface area contributed by atoms with Crippen molar-refractivity contribution in [1.29, 1.82) is 0 Å². The highest BCUT2D eigenvalue weighted by Gasteiger charge is 2.36. The van der Waals surface area contributed by atoms with E-state index in [-0.39, 0.29) is 30.9 Å². The third-order valence-electron chi connectivity index (χ3n) is 5.92. The fourth-order valence-electron chi connectivity index (χ4n) is 4.22. The quantitative estimate of drug-likeness (QED) is 0.573. The van der Waals surface area contributed by atoms with Gasteiger partial charge in [-0.15, -0.1) is 0 Å². The lowest BCUT2D eigenvalue weighted by atomic mass is 10.1. The zero-order chi connectivity index (χ0) is 22.8. The van der Waals surface area contributed by atoms with Gasteiger partial charge in [0.15, 0.2) is 5.76 Å². The Labute approximate surface area is 191 Å². The Morgan fingerprint density at radius 2 is 1.88 bits per heavy atom. The topological polar surface area (TPSA) is 91.7 Å². The SMILES string of the molecule is CN(CC(=O)N1CCOCC1)CC(=O)N1N=C(c2cc3ccccc3o2)C[C@@H]1c1ccco1. The van der Waals surface area contributed by atoms with E-state index in [2.05, 4.69) is 5.10 Å². The summed E-state index contributed by atoms with van der Waals surface area (Å²) >= 11 is 0. The number of nitrogens with zero attached hydrogens (tertiary/aromatic N) is 4. The van der Waals surface area contributed by atoms with Crippen molar-refractivity contribution in [2.45, 2.75) is 12.5 Å². The Kier molecular flexibility index (Phi) is 5.97. The molecule has 1 saturated heterocycles. The van der Waals surface area contributed by atoms with Crippen LogP contribution in [0.25, 0.3) is 11.0 Å². The van der Waals surface area contributed by atoms with Gasteiger partial charge in [0.05, 0.1) is 32.6 Å². The van der Waals surface area contributed by atoms with Crippen LogP contribution >= 0.6 is 0 Å². The van der Waals surface area contributed by atoms with Crippen LogP contribution in [0.5, 0.6) is 0 Å². The third-order valence-corrected chi connectivity index (χ3v) is 5.92. The Hall–Kier alpha value is -3.43. The predicted octanol–water partition coefficient (Wildman–Crippen LogP) is 2.49. The normalized spacial score (nSPS) is 18.8. The van der Waals surface area contributed by atoms with Gasteiger partial charge in [-0.25, -0.2) is 5.01 Å². The number of fused-ring (bicyclic) bond motifs is 1. The van der Waals surface area contributed by atoms with E-state index in [1.807, 2.05) is 36.4 Å². The number of hydrazone groups is 1. The van der Waals surface area contributed by atoms with Crippen LogP contribution in [0.3, 0.4) is 0 Å². The zero-order valence-electron chi connectivity index (χ0n) is 18.5. The van der Waals surface area contributed by atoms with Crippen molar-refractivity contribution in [3.63, 3.8) is 0 Å². The second-order valence-corrected chi connectivity index (χ2v) is 8.33. The highest BCUT2D eigenvalue weighted by atomic mass is 16.5. The molecule has 9 nitrogen and oxygen atoms in total. The molecule has 5 rings (SSSR count). The van der Waals surface area contributed by atoms with Gasteiger partial charge in [-0.05, 0) is 31.3 Å². The van der Waals surface area contributed by atoms with Gasteiger partial charge in [0.1, 0.15) is 23.1 Å². The summed E-state index contributed by atoms with van der Waals surface area (Å²) in [5, 5.41) is 7.06. The van der Waals surface area contributed by atoms with Gasteiger partial charge in [-0.3, -0.25) is 14.5 Å². The first-order valence-corrected chi connectivity index (χ1v) is 11.0. The predicted molar refractivity (Wildman–Crippen MR) is 121 cm³/mol. The highest BCUT2D eigenvalue weighted by Crippen LogP contribution is 2.34. The summed E-state index contributed by atoms with van der Waals surface area (Å²) in [6, 6.07) is 13.0. The summed E-state index contributed by atoms with van der Waals surface area (Å²) in [5.41, 5.74) is 1.46. The van der Waals surface area contributed by atoms with Crippen molar-refractivity contribution in [1.82, 2.24) is 14.8 Å². The Bertz CT molecular complexity index is 1130. The molecule has 1 fully saturated rings. The molecule has 0 radical (unpaired) electrons. The number of benzene rings is 1. The van der Waals surface area contributed by atoms with Gasteiger partial charge in [-0.1, -0.05) is 18.2 Å². The largest absolute Gasteiger partial charge is 0.467 e. The van der Waals surface area contributed by atoms with E-state index in [1.54, 1.807) is 29.2 Å². The first-order valence-electron chi connectivity index (χ1n) is 11.0. The average Bonchev–Trinajstić information content (AvgIpc) is 3.58. The summed E-state index contributed by atoms with van der Waals surface area (Å²) in [6.45, 7) is 2.48. The van der Waals surface area contributed by atoms with Crippen molar-refractivity contribution in [3.8, 4) is 0 Å². The highest BCUT2D eigenvalue weighted by molar-refractivity contribution is 6.03. The van der Waals surface area contributed by atoms with Crippen molar-refractivity contribution in [2.24, 2.45) is 5.10 Å². The third kappa shape index (κ3) is 4.55. The number of ether oxygens (including phenoxy) is 1. The maximum absolute atomic E-state index is 13.2. The minimum atomic E-state index is -0.362. The summed E-state index contributed by atoms with van der Waals surface area (Å²) in [5.74, 6) is 1.08. The number of carbonyl (C=O) groups is 2. The van der Waals surface area contributed by atoms with Gasteiger partial charge in [0.25, 0.3) is 5.91 Å². The number of hydrogen-bond donors (Lipinski definition) is 0. The van der Waals surface area contributed by atoms with Gasteiger partial charge >= 0.3 is 0 Å². The van der Waals surface area contributed by atoms with E-state index >= 15 is 0 Å². The molecular weight excluding hydrogens is 424 g/mol. The van der Waals surface area contributed by atoms with Crippen LogP contribution < -0.4 is 0 Å². The van der Waals surface area contributed by atoms with Gasteiger partial charge in [0, 0.05) is 24.9 Å². The number of rotatable bonds is 6. The molecule has 1 atom stereocenters. The number of hydrogen-bond acceptors (Lipinski definition) is 7. The molecule has 0 bridgehead atoms. The van der Waals surface area contributed by atoms with Crippen LogP contribution in [0.15, 0.2) is 62.7 Å². The smallest absolute Gasteiger partial charge is 0.257 e. The fourth-order valence-corrected chi connectivity index (χ4v) is 4.22. The lowest BCUT2D eigenvalue weighted by Gasteiger charge is -2.29. The minimum Gasteiger partial charge on any atom is -0.467 e. The fraction of sp³-hybridized carbons (Fsp3) is 0.375. The van der Waals surface area contributed by atoms with Gasteiger partial charge in [0.2, 0.25) is 5.91 Å². The second-order valence-electron chi connectivity index (χ2n) is 8.33.